The lowest BCUT2D eigenvalue weighted by molar-refractivity contribution is 0.521. The first-order chi connectivity index (χ1) is 14.9. The van der Waals surface area contributed by atoms with Crippen molar-refractivity contribution in [3.63, 3.8) is 0 Å². The van der Waals surface area contributed by atoms with E-state index in [2.05, 4.69) is 27.0 Å². The number of rotatable bonds is 8. The van der Waals surface area contributed by atoms with Crippen molar-refractivity contribution in [2.75, 3.05) is 14.1 Å². The zero-order valence-corrected chi connectivity index (χ0v) is 19.1. The van der Waals surface area contributed by atoms with Crippen LogP contribution in [0.25, 0.3) is 16.7 Å². The third kappa shape index (κ3) is 4.21. The number of benzene rings is 2. The van der Waals surface area contributed by atoms with E-state index >= 15 is 0 Å². The molecule has 0 spiro atoms. The Morgan fingerprint density at radius 2 is 1.87 bits per heavy atom. The quantitative estimate of drug-likeness (QED) is 0.375. The van der Waals surface area contributed by atoms with Gasteiger partial charge >= 0.3 is 0 Å². The second-order valence-corrected chi connectivity index (χ2v) is 10.2. The molecule has 0 fully saturated rings. The summed E-state index contributed by atoms with van der Waals surface area (Å²) < 4.78 is 30.0. The van der Waals surface area contributed by atoms with Gasteiger partial charge in [-0.3, -0.25) is 0 Å². The smallest absolute Gasteiger partial charge is 0.242 e. The van der Waals surface area contributed by atoms with Crippen molar-refractivity contribution in [2.45, 2.75) is 35.7 Å². The van der Waals surface area contributed by atoms with Crippen molar-refractivity contribution in [1.29, 1.82) is 0 Å². The highest BCUT2D eigenvalue weighted by Gasteiger charge is 2.20. The number of aromatic nitrogens is 6. The molecular formula is C20H23N7O2S2. The van der Waals surface area contributed by atoms with Gasteiger partial charge in [-0.15, -0.1) is 5.10 Å². The summed E-state index contributed by atoms with van der Waals surface area (Å²) >= 11 is 1.49. The average molecular weight is 458 g/mol. The topological polar surface area (TPSA) is 98.8 Å². The summed E-state index contributed by atoms with van der Waals surface area (Å²) in [5, 5.41) is 12.7. The highest BCUT2D eigenvalue weighted by atomic mass is 32.2. The van der Waals surface area contributed by atoms with Crippen LogP contribution in [0.15, 0.2) is 58.6 Å². The highest BCUT2D eigenvalue weighted by Crippen LogP contribution is 2.27. The number of imidazole rings is 1. The molecule has 0 aliphatic heterocycles. The predicted molar refractivity (Wildman–Crippen MR) is 120 cm³/mol. The number of thioether (sulfide) groups is 1. The van der Waals surface area contributed by atoms with Crippen LogP contribution in [-0.4, -0.2) is 56.6 Å². The minimum Gasteiger partial charge on any atom is -0.327 e. The summed E-state index contributed by atoms with van der Waals surface area (Å²) in [7, 11) is -0.475. The second kappa shape index (κ2) is 8.77. The number of para-hydroxylation sites is 1. The minimum absolute atomic E-state index is 0.235. The van der Waals surface area contributed by atoms with Crippen LogP contribution in [0.4, 0.5) is 0 Å². The number of nitrogens with zero attached hydrogens (tertiary/aromatic N) is 7. The number of hydrogen-bond acceptors (Lipinski definition) is 7. The molecule has 0 saturated carbocycles. The number of aryl methyl sites for hydroxylation is 1. The van der Waals surface area contributed by atoms with E-state index in [4.69, 9.17) is 4.98 Å². The molecule has 0 saturated heterocycles. The van der Waals surface area contributed by atoms with Gasteiger partial charge in [0.2, 0.25) is 15.2 Å². The molecule has 0 atom stereocenters. The fourth-order valence-electron chi connectivity index (χ4n) is 3.24. The molecule has 0 bridgehead atoms. The largest absolute Gasteiger partial charge is 0.327 e. The molecule has 0 N–H and O–H groups in total. The maximum absolute atomic E-state index is 12.5. The summed E-state index contributed by atoms with van der Waals surface area (Å²) in [6.07, 6.45) is 0.933. The number of fused-ring (bicyclic) bond motifs is 1. The Morgan fingerprint density at radius 3 is 2.58 bits per heavy atom. The van der Waals surface area contributed by atoms with Crippen LogP contribution < -0.4 is 0 Å². The predicted octanol–water partition coefficient (Wildman–Crippen LogP) is 2.96. The molecule has 9 nitrogen and oxygen atoms in total. The van der Waals surface area contributed by atoms with Gasteiger partial charge in [0, 0.05) is 20.6 Å². The van der Waals surface area contributed by atoms with Crippen molar-refractivity contribution in [2.24, 2.45) is 0 Å². The third-order valence-electron chi connectivity index (χ3n) is 4.80. The number of tetrazole rings is 1. The zero-order chi connectivity index (χ0) is 22.0. The molecule has 0 aliphatic rings. The highest BCUT2D eigenvalue weighted by molar-refractivity contribution is 7.98. The Labute approximate surface area is 185 Å². The minimum atomic E-state index is -3.52. The van der Waals surface area contributed by atoms with Gasteiger partial charge in [0.05, 0.1) is 27.4 Å². The monoisotopic (exact) mass is 457 g/mol. The van der Waals surface area contributed by atoms with E-state index in [1.54, 1.807) is 16.8 Å². The van der Waals surface area contributed by atoms with Gasteiger partial charge in [-0.05, 0) is 47.2 Å². The summed E-state index contributed by atoms with van der Waals surface area (Å²) in [6.45, 7) is 2.89. The van der Waals surface area contributed by atoms with Crippen molar-refractivity contribution in [3.8, 4) is 5.69 Å². The molecule has 4 rings (SSSR count). The molecule has 4 aromatic rings. The van der Waals surface area contributed by atoms with Crippen LogP contribution in [-0.2, 0) is 22.3 Å². The molecule has 0 amide bonds. The van der Waals surface area contributed by atoms with Crippen molar-refractivity contribution in [1.82, 2.24) is 34.1 Å². The maximum atomic E-state index is 12.5. The van der Waals surface area contributed by atoms with Crippen LogP contribution in [0.5, 0.6) is 0 Å². The Kier molecular flexibility index (Phi) is 6.08. The lowest BCUT2D eigenvalue weighted by atomic mass is 10.3. The van der Waals surface area contributed by atoms with Gasteiger partial charge in [0.15, 0.2) is 0 Å². The zero-order valence-electron chi connectivity index (χ0n) is 17.5. The summed E-state index contributed by atoms with van der Waals surface area (Å²) in [5.74, 6) is 1.40. The van der Waals surface area contributed by atoms with Crippen LogP contribution >= 0.6 is 11.8 Å². The molecule has 0 radical (unpaired) electrons. The number of hydrogen-bond donors (Lipinski definition) is 0. The average Bonchev–Trinajstić information content (AvgIpc) is 3.37. The molecule has 162 valence electrons. The van der Waals surface area contributed by atoms with Gasteiger partial charge in [-0.25, -0.2) is 17.7 Å². The molecule has 0 aliphatic carbocycles. The van der Waals surface area contributed by atoms with E-state index in [0.29, 0.717) is 16.4 Å². The van der Waals surface area contributed by atoms with E-state index in [0.717, 1.165) is 30.0 Å². The Hall–Kier alpha value is -2.76. The van der Waals surface area contributed by atoms with Crippen LogP contribution in [0.1, 0.15) is 19.2 Å². The molecule has 11 heteroatoms. The van der Waals surface area contributed by atoms with Crippen molar-refractivity contribution >= 4 is 32.8 Å². The molecule has 2 aromatic heterocycles. The summed E-state index contributed by atoms with van der Waals surface area (Å²) in [5.41, 5.74) is 2.46. The molecule has 2 heterocycles. The van der Waals surface area contributed by atoms with Crippen molar-refractivity contribution < 1.29 is 8.42 Å². The Balaban J connectivity index is 1.67. The molecular weight excluding hydrogens is 434 g/mol. The van der Waals surface area contributed by atoms with E-state index in [1.165, 1.54) is 30.2 Å². The van der Waals surface area contributed by atoms with Crippen LogP contribution in [0, 0.1) is 0 Å². The van der Waals surface area contributed by atoms with E-state index < -0.39 is 10.0 Å². The fourth-order valence-corrected chi connectivity index (χ4v) is 5.00. The molecule has 0 unspecified atom stereocenters. The van der Waals surface area contributed by atoms with Crippen LogP contribution in [0.2, 0.25) is 0 Å². The Morgan fingerprint density at radius 1 is 1.10 bits per heavy atom. The lowest BCUT2D eigenvalue weighted by Gasteiger charge is -2.11. The first kappa shape index (κ1) is 21.5. The maximum Gasteiger partial charge on any atom is 0.242 e. The lowest BCUT2D eigenvalue weighted by Crippen LogP contribution is -2.22. The van der Waals surface area contributed by atoms with E-state index in [-0.39, 0.29) is 4.90 Å². The normalized spacial score (nSPS) is 12.1. The van der Waals surface area contributed by atoms with Crippen LogP contribution in [0.3, 0.4) is 0 Å². The van der Waals surface area contributed by atoms with E-state index in [1.807, 2.05) is 36.4 Å². The third-order valence-corrected chi connectivity index (χ3v) is 7.52. The fraction of sp³-hybridized carbons (Fsp3) is 0.300. The first-order valence-electron chi connectivity index (χ1n) is 9.80. The van der Waals surface area contributed by atoms with Gasteiger partial charge in [0.1, 0.15) is 5.82 Å². The van der Waals surface area contributed by atoms with E-state index in [9.17, 15) is 8.42 Å². The second-order valence-electron chi connectivity index (χ2n) is 7.12. The summed E-state index contributed by atoms with van der Waals surface area (Å²) in [4.78, 5) is 4.98. The summed E-state index contributed by atoms with van der Waals surface area (Å²) in [6, 6.07) is 14.8. The SMILES string of the molecule is CCCn1c(CSc2nnnn2-c2ccccc2)nc2cc(S(=O)(=O)N(C)C)ccc21. The van der Waals surface area contributed by atoms with Gasteiger partial charge in [-0.1, -0.05) is 36.9 Å². The van der Waals surface area contributed by atoms with Gasteiger partial charge < -0.3 is 4.57 Å². The molecule has 2 aromatic carbocycles. The standard InChI is InChI=1S/C20H23N7O2S2/c1-4-12-26-18-11-10-16(31(28,29)25(2)3)13-17(18)21-19(26)14-30-20-22-23-24-27(20)15-8-6-5-7-9-15/h5-11,13H,4,12,14H2,1-3H3. The first-order valence-corrected chi connectivity index (χ1v) is 12.2. The number of sulfonamides is 1. The van der Waals surface area contributed by atoms with Gasteiger partial charge in [0.25, 0.3) is 0 Å². The molecule has 31 heavy (non-hydrogen) atoms. The van der Waals surface area contributed by atoms with Gasteiger partial charge in [-0.2, -0.15) is 4.68 Å². The van der Waals surface area contributed by atoms with Crippen molar-refractivity contribution in [3.05, 3.63) is 54.4 Å². The Bertz CT molecular complexity index is 1300.